The van der Waals surface area contributed by atoms with Gasteiger partial charge in [-0.05, 0) is 57.9 Å². The Kier molecular flexibility index (Phi) is 4.21. The lowest BCUT2D eigenvalue weighted by atomic mass is 10.0. The van der Waals surface area contributed by atoms with Gasteiger partial charge in [-0.15, -0.1) is 0 Å². The number of fused-ring (bicyclic) bond motifs is 2. The predicted molar refractivity (Wildman–Crippen MR) is 106 cm³/mol. The van der Waals surface area contributed by atoms with Gasteiger partial charge in [0.2, 0.25) is 0 Å². The number of hydrogen-bond acceptors (Lipinski definition) is 3. The Hall–Kier alpha value is -3.16. The molecule has 0 radical (unpaired) electrons. The lowest BCUT2D eigenvalue weighted by molar-refractivity contribution is 0.517. The van der Waals surface area contributed by atoms with Crippen LogP contribution < -0.4 is 11.4 Å². The van der Waals surface area contributed by atoms with Gasteiger partial charge in [0.1, 0.15) is 5.82 Å². The zero-order valence-corrected chi connectivity index (χ0v) is 16.2. The van der Waals surface area contributed by atoms with Crippen LogP contribution in [-0.2, 0) is 6.42 Å². The second kappa shape index (κ2) is 6.47. The fourth-order valence-corrected chi connectivity index (χ4v) is 3.95. The maximum absolute atomic E-state index is 15.2. The monoisotopic (exact) mass is 383 g/mol. The van der Waals surface area contributed by atoms with Gasteiger partial charge >= 0.3 is 11.4 Å². The number of aryl methyl sites for hydroxylation is 1. The molecule has 3 heterocycles. The van der Waals surface area contributed by atoms with Crippen LogP contribution in [0.25, 0.3) is 22.2 Å². The fraction of sp³-hybridized carbons (Fsp3) is 0.350. The number of H-pyrrole nitrogens is 2. The highest BCUT2D eigenvalue weighted by atomic mass is 19.1. The minimum Gasteiger partial charge on any atom is -0.306 e. The summed E-state index contributed by atoms with van der Waals surface area (Å²) in [4.78, 5) is 34.5. The highest BCUT2D eigenvalue weighted by molar-refractivity contribution is 5.80. The van der Waals surface area contributed by atoms with Crippen molar-refractivity contribution >= 4 is 22.2 Å². The van der Waals surface area contributed by atoms with E-state index < -0.39 is 0 Å². The predicted octanol–water partition coefficient (Wildman–Crippen LogP) is 3.20. The van der Waals surface area contributed by atoms with Gasteiger partial charge in [-0.1, -0.05) is 0 Å². The van der Waals surface area contributed by atoms with Gasteiger partial charge in [0.05, 0.1) is 16.6 Å². The number of pyridine rings is 1. The number of rotatable bonds is 4. The SMILES string of the molecule is Cc1c(F)c(CC(C)n2c(=O)[nH]c3cccnc32)cc2[nH]c(=O)n(C(C)C)c12. The molecule has 0 saturated carbocycles. The van der Waals surface area contributed by atoms with Crippen molar-refractivity contribution in [2.75, 3.05) is 0 Å². The van der Waals surface area contributed by atoms with Gasteiger partial charge < -0.3 is 9.97 Å². The molecule has 1 unspecified atom stereocenters. The van der Waals surface area contributed by atoms with Crippen molar-refractivity contribution in [2.45, 2.75) is 46.2 Å². The van der Waals surface area contributed by atoms with Crippen LogP contribution in [-0.4, -0.2) is 24.1 Å². The first-order valence-corrected chi connectivity index (χ1v) is 9.27. The van der Waals surface area contributed by atoms with Crippen LogP contribution in [0.2, 0.25) is 0 Å². The molecule has 4 rings (SSSR count). The minimum absolute atomic E-state index is 0.0833. The fourth-order valence-electron chi connectivity index (χ4n) is 3.95. The van der Waals surface area contributed by atoms with Gasteiger partial charge in [-0.25, -0.2) is 19.0 Å². The van der Waals surface area contributed by atoms with E-state index in [9.17, 15) is 9.59 Å². The van der Waals surface area contributed by atoms with Crippen LogP contribution in [0.3, 0.4) is 0 Å². The van der Waals surface area contributed by atoms with E-state index >= 15 is 4.39 Å². The van der Waals surface area contributed by atoms with Gasteiger partial charge in [0.15, 0.2) is 5.65 Å². The van der Waals surface area contributed by atoms with Gasteiger partial charge in [-0.3, -0.25) is 9.13 Å². The van der Waals surface area contributed by atoms with Crippen LogP contribution in [0.15, 0.2) is 34.0 Å². The number of hydrogen-bond donors (Lipinski definition) is 2. The highest BCUT2D eigenvalue weighted by Crippen LogP contribution is 2.27. The first-order chi connectivity index (χ1) is 13.3. The van der Waals surface area contributed by atoms with Gasteiger partial charge in [-0.2, -0.15) is 0 Å². The summed E-state index contributed by atoms with van der Waals surface area (Å²) in [7, 11) is 0. The quantitative estimate of drug-likeness (QED) is 0.567. The summed E-state index contributed by atoms with van der Waals surface area (Å²) in [5.74, 6) is -0.353. The van der Waals surface area contributed by atoms with E-state index in [1.165, 1.54) is 4.57 Å². The van der Waals surface area contributed by atoms with Crippen molar-refractivity contribution in [3.8, 4) is 0 Å². The van der Waals surface area contributed by atoms with Gasteiger partial charge in [0.25, 0.3) is 0 Å². The van der Waals surface area contributed by atoms with Crippen molar-refractivity contribution in [3.63, 3.8) is 0 Å². The van der Waals surface area contributed by atoms with E-state index in [2.05, 4.69) is 15.0 Å². The van der Waals surface area contributed by atoms with Crippen LogP contribution >= 0.6 is 0 Å². The third-order valence-electron chi connectivity index (χ3n) is 5.19. The average molecular weight is 383 g/mol. The standard InChI is InChI=1S/C20H22FN5O2/c1-10(2)25-17-12(4)16(21)13(9-15(17)24-19(25)27)8-11(3)26-18-14(23-20(26)28)6-5-7-22-18/h5-7,9-11H,8H2,1-4H3,(H,23,28)(H,24,27). The molecular formula is C20H22FN5O2. The van der Waals surface area contributed by atoms with Crippen LogP contribution in [0, 0.1) is 12.7 Å². The zero-order chi connectivity index (χ0) is 20.2. The smallest absolute Gasteiger partial charge is 0.306 e. The summed E-state index contributed by atoms with van der Waals surface area (Å²) >= 11 is 0. The molecule has 7 nitrogen and oxygen atoms in total. The van der Waals surface area contributed by atoms with Crippen LogP contribution in [0.5, 0.6) is 0 Å². The molecule has 1 aromatic carbocycles. The molecule has 0 bridgehead atoms. The molecule has 0 aliphatic carbocycles. The summed E-state index contributed by atoms with van der Waals surface area (Å²) in [5.41, 5.74) is 2.71. The molecule has 0 saturated heterocycles. The van der Waals surface area contributed by atoms with E-state index in [-0.39, 0.29) is 29.3 Å². The number of nitrogens with zero attached hydrogens (tertiary/aromatic N) is 3. The number of imidazole rings is 2. The van der Waals surface area contributed by atoms with Crippen LogP contribution in [0.1, 0.15) is 44.0 Å². The maximum atomic E-state index is 15.2. The van der Waals surface area contributed by atoms with Crippen molar-refractivity contribution in [2.24, 2.45) is 0 Å². The molecule has 0 fully saturated rings. The van der Waals surface area contributed by atoms with E-state index in [1.807, 2.05) is 20.8 Å². The summed E-state index contributed by atoms with van der Waals surface area (Å²) in [6.45, 7) is 7.30. The maximum Gasteiger partial charge on any atom is 0.327 e. The van der Waals surface area contributed by atoms with Gasteiger partial charge in [0, 0.05) is 23.8 Å². The Labute approximate surface area is 159 Å². The lowest BCUT2D eigenvalue weighted by Crippen LogP contribution is -2.22. The Morgan fingerprint density at radius 1 is 1.11 bits per heavy atom. The molecular weight excluding hydrogens is 361 g/mol. The van der Waals surface area contributed by atoms with E-state index in [0.29, 0.717) is 39.7 Å². The number of benzene rings is 1. The Morgan fingerprint density at radius 2 is 1.79 bits per heavy atom. The molecule has 0 amide bonds. The molecule has 2 N–H and O–H groups in total. The second-order valence-corrected chi connectivity index (χ2v) is 7.49. The molecule has 3 aromatic heterocycles. The molecule has 0 aliphatic rings. The number of halogens is 1. The minimum atomic E-state index is -0.353. The lowest BCUT2D eigenvalue weighted by Gasteiger charge is -2.16. The third kappa shape index (κ3) is 2.67. The van der Waals surface area contributed by atoms with Crippen molar-refractivity contribution in [3.05, 3.63) is 62.3 Å². The Balaban J connectivity index is 1.82. The first-order valence-electron chi connectivity index (χ1n) is 9.27. The molecule has 0 aliphatic heterocycles. The third-order valence-corrected chi connectivity index (χ3v) is 5.19. The average Bonchev–Trinajstić information content (AvgIpc) is 3.14. The number of aromatic nitrogens is 5. The Morgan fingerprint density at radius 3 is 2.50 bits per heavy atom. The largest absolute Gasteiger partial charge is 0.327 e. The highest BCUT2D eigenvalue weighted by Gasteiger charge is 2.21. The topological polar surface area (TPSA) is 88.5 Å². The van der Waals surface area contributed by atoms with Crippen LogP contribution in [0.4, 0.5) is 4.39 Å². The summed E-state index contributed by atoms with van der Waals surface area (Å²) < 4.78 is 18.3. The Bertz CT molecular complexity index is 1310. The summed E-state index contributed by atoms with van der Waals surface area (Å²) in [5, 5.41) is 0. The molecule has 1 atom stereocenters. The summed E-state index contributed by atoms with van der Waals surface area (Å²) in [6.07, 6.45) is 1.91. The van der Waals surface area contributed by atoms with Crippen molar-refractivity contribution in [1.29, 1.82) is 0 Å². The molecule has 28 heavy (non-hydrogen) atoms. The normalized spacial score (nSPS) is 13.1. The van der Waals surface area contributed by atoms with Crippen molar-refractivity contribution < 1.29 is 4.39 Å². The molecule has 4 aromatic rings. The van der Waals surface area contributed by atoms with E-state index in [0.717, 1.165) is 0 Å². The molecule has 8 heteroatoms. The zero-order valence-electron chi connectivity index (χ0n) is 16.2. The number of aromatic amines is 2. The van der Waals surface area contributed by atoms with Crippen molar-refractivity contribution in [1.82, 2.24) is 24.1 Å². The van der Waals surface area contributed by atoms with E-state index in [1.54, 1.807) is 35.9 Å². The second-order valence-electron chi connectivity index (χ2n) is 7.49. The first kappa shape index (κ1) is 18.2. The molecule has 0 spiro atoms. The molecule has 146 valence electrons. The van der Waals surface area contributed by atoms with E-state index in [4.69, 9.17) is 0 Å². The number of nitrogens with one attached hydrogen (secondary N) is 2. The summed E-state index contributed by atoms with van der Waals surface area (Å²) in [6, 6.07) is 4.80.